The third-order valence-corrected chi connectivity index (χ3v) is 2.28. The van der Waals surface area contributed by atoms with E-state index in [0.29, 0.717) is 25.1 Å². The molecular weight excluding hydrogens is 180 g/mol. The third kappa shape index (κ3) is 4.58. The van der Waals surface area contributed by atoms with E-state index < -0.39 is 0 Å². The number of ether oxygens (including phenoxy) is 1. The van der Waals surface area contributed by atoms with E-state index in [4.69, 9.17) is 4.74 Å². The van der Waals surface area contributed by atoms with Gasteiger partial charge in [0.25, 0.3) is 0 Å². The fraction of sp³-hybridized carbons (Fsp3) is 0.900. The van der Waals surface area contributed by atoms with Crippen LogP contribution >= 0.6 is 0 Å². The molecule has 0 spiro atoms. The second-order valence-electron chi connectivity index (χ2n) is 3.88. The number of rotatable bonds is 7. The zero-order chi connectivity index (χ0) is 10.4. The lowest BCUT2D eigenvalue weighted by Crippen LogP contribution is -2.38. The summed E-state index contributed by atoms with van der Waals surface area (Å²) >= 11 is 0. The molecule has 1 aliphatic rings. The van der Waals surface area contributed by atoms with Gasteiger partial charge in [0, 0.05) is 32.2 Å². The second-order valence-corrected chi connectivity index (χ2v) is 3.88. The van der Waals surface area contributed by atoms with E-state index in [2.05, 4.69) is 17.6 Å². The van der Waals surface area contributed by atoms with Gasteiger partial charge in [-0.05, 0) is 19.8 Å². The number of amides is 1. The summed E-state index contributed by atoms with van der Waals surface area (Å²) < 4.78 is 4.98. The van der Waals surface area contributed by atoms with Crippen LogP contribution in [0.2, 0.25) is 0 Å². The molecule has 0 aromatic heterocycles. The van der Waals surface area contributed by atoms with Crippen LogP contribution in [0.15, 0.2) is 0 Å². The molecule has 4 nitrogen and oxygen atoms in total. The molecule has 1 fully saturated rings. The highest BCUT2D eigenvalue weighted by Crippen LogP contribution is 2.28. The summed E-state index contributed by atoms with van der Waals surface area (Å²) in [4.78, 5) is 11.2. The van der Waals surface area contributed by atoms with Crippen molar-refractivity contribution in [2.75, 3.05) is 26.8 Å². The van der Waals surface area contributed by atoms with Crippen LogP contribution in [-0.2, 0) is 9.53 Å². The average molecular weight is 200 g/mol. The first kappa shape index (κ1) is 11.5. The van der Waals surface area contributed by atoms with E-state index in [1.54, 1.807) is 7.11 Å². The van der Waals surface area contributed by atoms with Gasteiger partial charge < -0.3 is 15.4 Å². The average Bonchev–Trinajstić information content (AvgIpc) is 2.95. The van der Waals surface area contributed by atoms with Crippen molar-refractivity contribution in [2.45, 2.75) is 25.8 Å². The predicted molar refractivity (Wildman–Crippen MR) is 55.1 cm³/mol. The lowest BCUT2D eigenvalue weighted by molar-refractivity contribution is -0.122. The molecule has 1 rings (SSSR count). The summed E-state index contributed by atoms with van der Waals surface area (Å²) in [5.41, 5.74) is 0. The Kier molecular flexibility index (Phi) is 4.90. The quantitative estimate of drug-likeness (QED) is 0.575. The van der Waals surface area contributed by atoms with Crippen molar-refractivity contribution in [1.29, 1.82) is 0 Å². The monoisotopic (exact) mass is 200 g/mol. The Morgan fingerprint density at radius 2 is 2.21 bits per heavy atom. The highest BCUT2D eigenvalue weighted by Gasteiger charge is 2.28. The fourth-order valence-electron chi connectivity index (χ4n) is 1.30. The predicted octanol–water partition coefficient (Wildman–Crippen LogP) is 0.137. The van der Waals surface area contributed by atoms with E-state index in [1.807, 2.05) is 0 Å². The SMILES string of the molecule is COCC(C)NCCNC(=O)C1CC1. The summed E-state index contributed by atoms with van der Waals surface area (Å²) in [5, 5.41) is 6.16. The Hall–Kier alpha value is -0.610. The van der Waals surface area contributed by atoms with Gasteiger partial charge in [-0.1, -0.05) is 0 Å². The number of hydrogen-bond donors (Lipinski definition) is 2. The largest absolute Gasteiger partial charge is 0.383 e. The Bertz CT molecular complexity index is 181. The second kappa shape index (κ2) is 5.98. The van der Waals surface area contributed by atoms with Gasteiger partial charge in [0.1, 0.15) is 0 Å². The smallest absolute Gasteiger partial charge is 0.223 e. The molecule has 4 heteroatoms. The van der Waals surface area contributed by atoms with Crippen molar-refractivity contribution in [1.82, 2.24) is 10.6 Å². The van der Waals surface area contributed by atoms with Crippen LogP contribution in [0.1, 0.15) is 19.8 Å². The zero-order valence-corrected chi connectivity index (χ0v) is 9.01. The van der Waals surface area contributed by atoms with E-state index in [-0.39, 0.29) is 5.91 Å². The molecule has 0 heterocycles. The van der Waals surface area contributed by atoms with Crippen molar-refractivity contribution in [3.05, 3.63) is 0 Å². The normalized spacial score (nSPS) is 17.9. The van der Waals surface area contributed by atoms with E-state index >= 15 is 0 Å². The zero-order valence-electron chi connectivity index (χ0n) is 9.01. The van der Waals surface area contributed by atoms with Crippen LogP contribution in [0.5, 0.6) is 0 Å². The molecular formula is C10H20N2O2. The summed E-state index contributed by atoms with van der Waals surface area (Å²) in [5.74, 6) is 0.526. The molecule has 0 bridgehead atoms. The molecule has 1 aliphatic carbocycles. The van der Waals surface area contributed by atoms with Crippen LogP contribution in [0, 0.1) is 5.92 Å². The minimum atomic E-state index is 0.214. The lowest BCUT2D eigenvalue weighted by Gasteiger charge is -2.12. The number of nitrogens with one attached hydrogen (secondary N) is 2. The Balaban J connectivity index is 1.90. The van der Waals surface area contributed by atoms with Crippen LogP contribution in [0.3, 0.4) is 0 Å². The summed E-state index contributed by atoms with van der Waals surface area (Å²) in [6.07, 6.45) is 2.14. The molecule has 0 aliphatic heterocycles. The van der Waals surface area contributed by atoms with Crippen LogP contribution in [0.4, 0.5) is 0 Å². The van der Waals surface area contributed by atoms with Gasteiger partial charge in [-0.25, -0.2) is 0 Å². The molecule has 82 valence electrons. The van der Waals surface area contributed by atoms with Gasteiger partial charge in [0.2, 0.25) is 5.91 Å². The van der Waals surface area contributed by atoms with Crippen molar-refractivity contribution in [3.8, 4) is 0 Å². The number of carbonyl (C=O) groups is 1. The molecule has 0 radical (unpaired) electrons. The Morgan fingerprint density at radius 1 is 1.50 bits per heavy atom. The van der Waals surface area contributed by atoms with Gasteiger partial charge >= 0.3 is 0 Å². The minimum absolute atomic E-state index is 0.214. The highest BCUT2D eigenvalue weighted by atomic mass is 16.5. The molecule has 0 aromatic carbocycles. The Labute approximate surface area is 85.4 Å². The van der Waals surface area contributed by atoms with Gasteiger partial charge in [0.05, 0.1) is 6.61 Å². The molecule has 1 saturated carbocycles. The van der Waals surface area contributed by atoms with E-state index in [9.17, 15) is 4.79 Å². The third-order valence-electron chi connectivity index (χ3n) is 2.28. The van der Waals surface area contributed by atoms with Crippen molar-refractivity contribution < 1.29 is 9.53 Å². The number of methoxy groups -OCH3 is 1. The molecule has 1 atom stereocenters. The van der Waals surface area contributed by atoms with E-state index in [1.165, 1.54) is 0 Å². The van der Waals surface area contributed by atoms with Gasteiger partial charge in [-0.2, -0.15) is 0 Å². The molecule has 14 heavy (non-hydrogen) atoms. The number of hydrogen-bond acceptors (Lipinski definition) is 3. The fourth-order valence-corrected chi connectivity index (χ4v) is 1.30. The van der Waals surface area contributed by atoms with Crippen molar-refractivity contribution in [2.24, 2.45) is 5.92 Å². The van der Waals surface area contributed by atoms with Crippen LogP contribution in [0.25, 0.3) is 0 Å². The molecule has 0 saturated heterocycles. The highest BCUT2D eigenvalue weighted by molar-refractivity contribution is 5.80. The first-order chi connectivity index (χ1) is 6.74. The Morgan fingerprint density at radius 3 is 2.79 bits per heavy atom. The van der Waals surface area contributed by atoms with Gasteiger partial charge in [-0.15, -0.1) is 0 Å². The first-order valence-electron chi connectivity index (χ1n) is 5.24. The minimum Gasteiger partial charge on any atom is -0.383 e. The van der Waals surface area contributed by atoms with Gasteiger partial charge in [-0.3, -0.25) is 4.79 Å². The van der Waals surface area contributed by atoms with Crippen LogP contribution in [-0.4, -0.2) is 38.8 Å². The molecule has 0 aromatic rings. The number of carbonyl (C=O) groups excluding carboxylic acids is 1. The first-order valence-corrected chi connectivity index (χ1v) is 5.24. The maximum Gasteiger partial charge on any atom is 0.223 e. The summed E-state index contributed by atoms with van der Waals surface area (Å²) in [7, 11) is 1.69. The van der Waals surface area contributed by atoms with E-state index in [0.717, 1.165) is 19.4 Å². The van der Waals surface area contributed by atoms with Crippen LogP contribution < -0.4 is 10.6 Å². The molecule has 2 N–H and O–H groups in total. The van der Waals surface area contributed by atoms with Crippen molar-refractivity contribution >= 4 is 5.91 Å². The lowest BCUT2D eigenvalue weighted by atomic mass is 10.3. The topological polar surface area (TPSA) is 50.4 Å². The molecule has 1 unspecified atom stereocenters. The maximum absolute atomic E-state index is 11.2. The van der Waals surface area contributed by atoms with Gasteiger partial charge in [0.15, 0.2) is 0 Å². The standard InChI is InChI=1S/C10H20N2O2/c1-8(7-14-2)11-5-6-12-10(13)9-3-4-9/h8-9,11H,3-7H2,1-2H3,(H,12,13). The van der Waals surface area contributed by atoms with Crippen molar-refractivity contribution in [3.63, 3.8) is 0 Å². The summed E-state index contributed by atoms with van der Waals surface area (Å²) in [6.45, 7) is 4.29. The maximum atomic E-state index is 11.2. The molecule has 1 amide bonds. The summed E-state index contributed by atoms with van der Waals surface area (Å²) in [6, 6.07) is 0.345.